The van der Waals surface area contributed by atoms with E-state index in [1.165, 1.54) is 12.8 Å². The Bertz CT molecular complexity index is 1280. The van der Waals surface area contributed by atoms with Crippen LogP contribution < -0.4 is 4.74 Å². The van der Waals surface area contributed by atoms with Crippen molar-refractivity contribution in [2.24, 2.45) is 13.0 Å². The molecule has 2 heterocycles. The molecule has 4 aromatic rings. The van der Waals surface area contributed by atoms with Gasteiger partial charge in [0.15, 0.2) is 0 Å². The SMILES string of the molecule is Cn1cnc(-c2ccc3c(Oc4ccc(CC(=O)CC5CC5)c(Cl)c4)ccnc3c2)c1. The maximum atomic E-state index is 12.2. The van der Waals surface area contributed by atoms with E-state index in [1.54, 1.807) is 18.6 Å². The van der Waals surface area contributed by atoms with Gasteiger partial charge in [-0.25, -0.2) is 4.98 Å². The van der Waals surface area contributed by atoms with Gasteiger partial charge in [0, 0.05) is 48.3 Å². The Morgan fingerprint density at radius 1 is 1.16 bits per heavy atom. The Balaban J connectivity index is 1.37. The summed E-state index contributed by atoms with van der Waals surface area (Å²) >= 11 is 6.45. The number of Topliss-reactive ketones (excluding diaryl/α,β-unsaturated/α-hetero) is 1. The fourth-order valence-corrected chi connectivity index (χ4v) is 3.96. The lowest BCUT2D eigenvalue weighted by molar-refractivity contribution is -0.118. The number of carbonyl (C=O) groups is 1. The second kappa shape index (κ2) is 8.16. The highest BCUT2D eigenvalue weighted by Crippen LogP contribution is 2.35. The fraction of sp³-hybridized carbons (Fsp3) is 0.240. The normalized spacial score (nSPS) is 13.5. The molecule has 5 nitrogen and oxygen atoms in total. The Morgan fingerprint density at radius 3 is 2.77 bits per heavy atom. The van der Waals surface area contributed by atoms with Crippen molar-refractivity contribution in [1.29, 1.82) is 0 Å². The number of aromatic nitrogens is 3. The highest BCUT2D eigenvalue weighted by molar-refractivity contribution is 6.31. The molecule has 0 amide bonds. The van der Waals surface area contributed by atoms with E-state index < -0.39 is 0 Å². The largest absolute Gasteiger partial charge is 0.457 e. The zero-order chi connectivity index (χ0) is 21.4. The van der Waals surface area contributed by atoms with Crippen LogP contribution in [0.1, 0.15) is 24.8 Å². The minimum Gasteiger partial charge on any atom is -0.457 e. The number of rotatable bonds is 7. The molecular weight excluding hydrogens is 410 g/mol. The number of nitrogens with zero attached hydrogens (tertiary/aromatic N) is 3. The number of ether oxygens (including phenoxy) is 1. The molecule has 5 rings (SSSR count). The van der Waals surface area contributed by atoms with Crippen LogP contribution >= 0.6 is 11.6 Å². The van der Waals surface area contributed by atoms with Gasteiger partial charge in [0.2, 0.25) is 0 Å². The summed E-state index contributed by atoms with van der Waals surface area (Å²) in [5.41, 5.74) is 3.57. The van der Waals surface area contributed by atoms with Crippen molar-refractivity contribution < 1.29 is 9.53 Å². The lowest BCUT2D eigenvalue weighted by atomic mass is 10.0. The molecule has 0 aliphatic heterocycles. The quantitative estimate of drug-likeness (QED) is 0.360. The van der Waals surface area contributed by atoms with Gasteiger partial charge in [0.05, 0.1) is 17.5 Å². The third-order valence-electron chi connectivity index (χ3n) is 5.56. The molecule has 156 valence electrons. The van der Waals surface area contributed by atoms with Gasteiger partial charge in [-0.2, -0.15) is 0 Å². The van der Waals surface area contributed by atoms with Crippen molar-refractivity contribution in [3.8, 4) is 22.8 Å². The maximum absolute atomic E-state index is 12.2. The first kappa shape index (κ1) is 19.8. The van der Waals surface area contributed by atoms with Crippen molar-refractivity contribution in [2.75, 3.05) is 0 Å². The summed E-state index contributed by atoms with van der Waals surface area (Å²) in [6, 6.07) is 13.4. The van der Waals surface area contributed by atoms with Crippen molar-refractivity contribution >= 4 is 28.3 Å². The van der Waals surface area contributed by atoms with E-state index in [0.717, 1.165) is 27.7 Å². The van der Waals surface area contributed by atoms with Crippen LogP contribution in [-0.2, 0) is 18.3 Å². The number of aryl methyl sites for hydroxylation is 1. The molecule has 0 spiro atoms. The Labute approximate surface area is 185 Å². The first-order chi connectivity index (χ1) is 15.0. The van der Waals surface area contributed by atoms with Crippen LogP contribution in [0, 0.1) is 5.92 Å². The molecule has 1 aliphatic carbocycles. The topological polar surface area (TPSA) is 57.0 Å². The molecule has 0 unspecified atom stereocenters. The summed E-state index contributed by atoms with van der Waals surface area (Å²) < 4.78 is 8.04. The van der Waals surface area contributed by atoms with Crippen LogP contribution in [0.15, 0.2) is 61.2 Å². The Kier molecular flexibility index (Phi) is 5.20. The number of hydrogen-bond donors (Lipinski definition) is 0. The van der Waals surface area contributed by atoms with Gasteiger partial charge in [-0.3, -0.25) is 9.78 Å². The average molecular weight is 432 g/mol. The van der Waals surface area contributed by atoms with Crippen molar-refractivity contribution in [3.63, 3.8) is 0 Å². The van der Waals surface area contributed by atoms with Crippen LogP contribution in [0.5, 0.6) is 11.5 Å². The summed E-state index contributed by atoms with van der Waals surface area (Å²) in [5, 5.41) is 1.46. The lowest BCUT2D eigenvalue weighted by Crippen LogP contribution is -2.04. The molecule has 0 N–H and O–H groups in total. The molecule has 2 aromatic carbocycles. The lowest BCUT2D eigenvalue weighted by Gasteiger charge is -2.11. The molecule has 1 aliphatic rings. The maximum Gasteiger partial charge on any atom is 0.138 e. The zero-order valence-corrected chi connectivity index (χ0v) is 18.0. The van der Waals surface area contributed by atoms with Gasteiger partial charge >= 0.3 is 0 Å². The smallest absolute Gasteiger partial charge is 0.138 e. The Morgan fingerprint density at radius 2 is 2.03 bits per heavy atom. The molecule has 0 saturated heterocycles. The van der Waals surface area contributed by atoms with Crippen LogP contribution in [0.3, 0.4) is 0 Å². The highest BCUT2D eigenvalue weighted by Gasteiger charge is 2.24. The fourth-order valence-electron chi connectivity index (χ4n) is 3.72. The monoisotopic (exact) mass is 431 g/mol. The molecule has 2 aromatic heterocycles. The van der Waals surface area contributed by atoms with Gasteiger partial charge in [0.1, 0.15) is 17.3 Å². The van der Waals surface area contributed by atoms with Gasteiger partial charge in [-0.05, 0) is 54.7 Å². The van der Waals surface area contributed by atoms with Crippen LogP contribution in [0.25, 0.3) is 22.2 Å². The third-order valence-corrected chi connectivity index (χ3v) is 5.91. The molecule has 1 saturated carbocycles. The summed E-state index contributed by atoms with van der Waals surface area (Å²) in [6.07, 6.45) is 8.87. The molecule has 31 heavy (non-hydrogen) atoms. The van der Waals surface area contributed by atoms with E-state index in [2.05, 4.69) is 9.97 Å². The summed E-state index contributed by atoms with van der Waals surface area (Å²) in [7, 11) is 1.95. The van der Waals surface area contributed by atoms with Gasteiger partial charge in [-0.1, -0.05) is 23.7 Å². The minimum atomic E-state index is 0.252. The third kappa shape index (κ3) is 4.47. The van der Waals surface area contributed by atoms with Gasteiger partial charge in [0.25, 0.3) is 0 Å². The Hall–Kier alpha value is -3.18. The first-order valence-electron chi connectivity index (χ1n) is 10.4. The minimum absolute atomic E-state index is 0.252. The molecular formula is C25H22ClN3O2. The van der Waals surface area contributed by atoms with Crippen LogP contribution in [0.4, 0.5) is 0 Å². The van der Waals surface area contributed by atoms with E-state index in [4.69, 9.17) is 16.3 Å². The van der Waals surface area contributed by atoms with Crippen molar-refractivity contribution in [2.45, 2.75) is 25.7 Å². The number of pyridine rings is 1. The molecule has 6 heteroatoms. The number of ketones is 1. The van der Waals surface area contributed by atoms with Crippen molar-refractivity contribution in [3.05, 3.63) is 71.8 Å². The first-order valence-corrected chi connectivity index (χ1v) is 10.8. The van der Waals surface area contributed by atoms with Gasteiger partial charge < -0.3 is 9.30 Å². The molecule has 0 radical (unpaired) electrons. The number of carbonyl (C=O) groups excluding carboxylic acids is 1. The molecule has 0 bridgehead atoms. The second-order valence-electron chi connectivity index (χ2n) is 8.18. The van der Waals surface area contributed by atoms with Gasteiger partial charge in [-0.15, -0.1) is 0 Å². The van der Waals surface area contributed by atoms with E-state index in [1.807, 2.05) is 54.2 Å². The number of imidazole rings is 1. The van der Waals surface area contributed by atoms with E-state index in [9.17, 15) is 4.79 Å². The molecule has 0 atom stereocenters. The summed E-state index contributed by atoms with van der Waals surface area (Å²) in [4.78, 5) is 21.1. The van der Waals surface area contributed by atoms with Crippen LogP contribution in [-0.4, -0.2) is 20.3 Å². The number of halogens is 1. The predicted molar refractivity (Wildman–Crippen MR) is 122 cm³/mol. The number of fused-ring (bicyclic) bond motifs is 1. The number of hydrogen-bond acceptors (Lipinski definition) is 4. The predicted octanol–water partition coefficient (Wildman–Crippen LogP) is 5.99. The standard InChI is InChI=1S/C25H22ClN3O2/c1-29-14-24(28-15-29)18-5-7-21-23(12-18)27-9-8-25(21)31-20-6-4-17(22(26)13-20)11-19(30)10-16-2-3-16/h4-9,12-16H,2-3,10-11H2,1H3. The summed E-state index contributed by atoms with van der Waals surface area (Å²) in [6.45, 7) is 0. The average Bonchev–Trinajstić information content (AvgIpc) is 3.46. The zero-order valence-electron chi connectivity index (χ0n) is 17.2. The van der Waals surface area contributed by atoms with E-state index >= 15 is 0 Å². The second-order valence-corrected chi connectivity index (χ2v) is 8.59. The van der Waals surface area contributed by atoms with E-state index in [0.29, 0.717) is 35.3 Å². The van der Waals surface area contributed by atoms with Crippen LogP contribution in [0.2, 0.25) is 5.02 Å². The van der Waals surface area contributed by atoms with E-state index in [-0.39, 0.29) is 5.78 Å². The highest BCUT2D eigenvalue weighted by atomic mass is 35.5. The number of benzene rings is 2. The van der Waals surface area contributed by atoms with Crippen molar-refractivity contribution in [1.82, 2.24) is 14.5 Å². The summed E-state index contributed by atoms with van der Waals surface area (Å²) in [5.74, 6) is 2.17. The molecule has 1 fully saturated rings.